The Labute approximate surface area is 107 Å². The van der Waals surface area contributed by atoms with Crippen molar-refractivity contribution in [2.24, 2.45) is 5.41 Å². The van der Waals surface area contributed by atoms with Gasteiger partial charge in [-0.15, -0.1) is 0 Å². The summed E-state index contributed by atoms with van der Waals surface area (Å²) in [5.41, 5.74) is -0.925. The summed E-state index contributed by atoms with van der Waals surface area (Å²) in [7, 11) is -3.38. The lowest BCUT2D eigenvalue weighted by atomic mass is 9.74. The second-order valence-corrected chi connectivity index (χ2v) is 7.13. The number of carbonyl (C=O) groups excluding carboxylic acids is 1. The van der Waals surface area contributed by atoms with Crippen molar-refractivity contribution in [2.75, 3.05) is 18.6 Å². The number of amides is 1. The molecule has 0 aromatic carbocycles. The molecule has 1 amide bonds. The van der Waals surface area contributed by atoms with Crippen LogP contribution in [0.15, 0.2) is 0 Å². The molecule has 1 rings (SSSR count). The highest BCUT2D eigenvalue weighted by molar-refractivity contribution is 7.91. The van der Waals surface area contributed by atoms with Crippen molar-refractivity contribution < 1.29 is 23.1 Å². The van der Waals surface area contributed by atoms with E-state index in [0.717, 1.165) is 25.5 Å². The van der Waals surface area contributed by atoms with Gasteiger partial charge in [-0.2, -0.15) is 0 Å². The molecule has 2 N–H and O–H groups in total. The highest BCUT2D eigenvalue weighted by Gasteiger charge is 2.39. The first-order valence-corrected chi connectivity index (χ1v) is 7.99. The van der Waals surface area contributed by atoms with Crippen molar-refractivity contribution >= 4 is 21.7 Å². The van der Waals surface area contributed by atoms with Crippen LogP contribution >= 0.6 is 0 Å². The molecule has 104 valence electrons. The number of hydrogen-bond donors (Lipinski definition) is 2. The highest BCUT2D eigenvalue weighted by atomic mass is 32.2. The fourth-order valence-electron chi connectivity index (χ4n) is 2.25. The van der Waals surface area contributed by atoms with Gasteiger partial charge in [0.15, 0.2) is 9.84 Å². The first kappa shape index (κ1) is 14.9. The number of nitrogens with one attached hydrogen (secondary N) is 1. The van der Waals surface area contributed by atoms with Crippen molar-refractivity contribution in [3.8, 4) is 0 Å². The molecular formula is C11H19NO5S. The van der Waals surface area contributed by atoms with E-state index in [4.69, 9.17) is 0 Å². The summed E-state index contributed by atoms with van der Waals surface area (Å²) < 4.78 is 21.9. The van der Waals surface area contributed by atoms with E-state index >= 15 is 0 Å². The number of aliphatic carboxylic acids is 1. The monoisotopic (exact) mass is 277 g/mol. The average molecular weight is 277 g/mol. The molecule has 0 bridgehead atoms. The number of carboxylic acids is 1. The van der Waals surface area contributed by atoms with Crippen LogP contribution in [0.2, 0.25) is 0 Å². The standard InChI is InChI=1S/C11H19NO5S/c1-18(16,17)7-9(13)12-8-11(10(14)15)5-3-2-4-6-11/h2-8H2,1H3,(H,12,13)(H,14,15). The molecule has 0 atom stereocenters. The van der Waals surface area contributed by atoms with Crippen molar-refractivity contribution in [1.82, 2.24) is 5.32 Å². The average Bonchev–Trinajstić information content (AvgIpc) is 2.25. The minimum atomic E-state index is -3.38. The molecule has 0 aromatic heterocycles. The van der Waals surface area contributed by atoms with Crippen LogP contribution in [0.25, 0.3) is 0 Å². The third-order valence-corrected chi connectivity index (χ3v) is 4.07. The molecule has 1 fully saturated rings. The van der Waals surface area contributed by atoms with Crippen LogP contribution < -0.4 is 5.32 Å². The Balaban J connectivity index is 2.58. The minimum absolute atomic E-state index is 0.0106. The van der Waals surface area contributed by atoms with E-state index in [0.29, 0.717) is 12.8 Å². The Morgan fingerprint density at radius 3 is 2.22 bits per heavy atom. The van der Waals surface area contributed by atoms with Gasteiger partial charge in [0, 0.05) is 12.8 Å². The van der Waals surface area contributed by atoms with Crippen LogP contribution in [-0.4, -0.2) is 44.0 Å². The van der Waals surface area contributed by atoms with Crippen LogP contribution in [0.4, 0.5) is 0 Å². The lowest BCUT2D eigenvalue weighted by Gasteiger charge is -2.33. The van der Waals surface area contributed by atoms with E-state index in [1.165, 1.54) is 0 Å². The maximum atomic E-state index is 11.4. The molecule has 0 heterocycles. The second-order valence-electron chi connectivity index (χ2n) is 4.99. The molecule has 0 aliphatic heterocycles. The molecular weight excluding hydrogens is 258 g/mol. The third-order valence-electron chi connectivity index (χ3n) is 3.28. The van der Waals surface area contributed by atoms with Gasteiger partial charge in [-0.3, -0.25) is 9.59 Å². The summed E-state index contributed by atoms with van der Waals surface area (Å²) >= 11 is 0. The van der Waals surface area contributed by atoms with Crippen molar-refractivity contribution in [2.45, 2.75) is 32.1 Å². The Kier molecular flexibility index (Phi) is 4.72. The van der Waals surface area contributed by atoms with Gasteiger partial charge in [0.1, 0.15) is 5.75 Å². The van der Waals surface area contributed by atoms with Crippen LogP contribution in [0.5, 0.6) is 0 Å². The van der Waals surface area contributed by atoms with Gasteiger partial charge in [-0.25, -0.2) is 8.42 Å². The third kappa shape index (κ3) is 4.29. The Bertz CT molecular complexity index is 423. The molecule has 1 saturated carbocycles. The summed E-state index contributed by atoms with van der Waals surface area (Å²) in [6.07, 6.45) is 4.69. The largest absolute Gasteiger partial charge is 0.481 e. The van der Waals surface area contributed by atoms with Gasteiger partial charge >= 0.3 is 5.97 Å². The zero-order chi connectivity index (χ0) is 13.8. The molecule has 0 radical (unpaired) electrons. The summed E-state index contributed by atoms with van der Waals surface area (Å²) in [6, 6.07) is 0. The minimum Gasteiger partial charge on any atom is -0.481 e. The van der Waals surface area contributed by atoms with E-state index in [1.54, 1.807) is 0 Å². The fraction of sp³-hybridized carbons (Fsp3) is 0.818. The van der Waals surface area contributed by atoms with Gasteiger partial charge in [0.2, 0.25) is 5.91 Å². The SMILES string of the molecule is CS(=O)(=O)CC(=O)NCC1(C(=O)O)CCCCC1. The Morgan fingerprint density at radius 1 is 1.22 bits per heavy atom. The van der Waals surface area contributed by atoms with Crippen molar-refractivity contribution in [1.29, 1.82) is 0 Å². The van der Waals surface area contributed by atoms with Gasteiger partial charge in [0.05, 0.1) is 5.41 Å². The summed E-state index contributed by atoms with van der Waals surface area (Å²) in [4.78, 5) is 22.7. The molecule has 1 aliphatic carbocycles. The Morgan fingerprint density at radius 2 is 1.78 bits per heavy atom. The smallest absolute Gasteiger partial charge is 0.311 e. The summed E-state index contributed by atoms with van der Waals surface area (Å²) in [5.74, 6) is -2.14. The molecule has 6 nitrogen and oxygen atoms in total. The normalized spacial score (nSPS) is 19.2. The molecule has 0 spiro atoms. The maximum absolute atomic E-state index is 11.4. The van der Waals surface area contributed by atoms with E-state index in [-0.39, 0.29) is 6.54 Å². The van der Waals surface area contributed by atoms with Crippen molar-refractivity contribution in [3.05, 3.63) is 0 Å². The predicted octanol–water partition coefficient (Wildman–Crippen LogP) is 0.182. The van der Waals surface area contributed by atoms with Gasteiger partial charge in [-0.05, 0) is 12.8 Å². The molecule has 0 aromatic rings. The lowest BCUT2D eigenvalue weighted by Crippen LogP contribution is -2.45. The number of sulfone groups is 1. The van der Waals surface area contributed by atoms with Crippen molar-refractivity contribution in [3.63, 3.8) is 0 Å². The van der Waals surface area contributed by atoms with E-state index < -0.39 is 32.9 Å². The van der Waals surface area contributed by atoms with Gasteiger partial charge in [-0.1, -0.05) is 19.3 Å². The number of rotatable bonds is 5. The number of carbonyl (C=O) groups is 2. The molecule has 0 unspecified atom stereocenters. The maximum Gasteiger partial charge on any atom is 0.311 e. The van der Waals surface area contributed by atoms with Crippen LogP contribution in [0.1, 0.15) is 32.1 Å². The molecule has 0 saturated heterocycles. The highest BCUT2D eigenvalue weighted by Crippen LogP contribution is 2.35. The summed E-state index contributed by atoms with van der Waals surface area (Å²) in [5, 5.41) is 11.7. The number of hydrogen-bond acceptors (Lipinski definition) is 4. The van der Waals surface area contributed by atoms with E-state index in [1.807, 2.05) is 0 Å². The second kappa shape index (κ2) is 5.69. The lowest BCUT2D eigenvalue weighted by molar-refractivity contribution is -0.150. The zero-order valence-electron chi connectivity index (χ0n) is 10.4. The topological polar surface area (TPSA) is 101 Å². The van der Waals surface area contributed by atoms with Crippen LogP contribution in [0, 0.1) is 5.41 Å². The summed E-state index contributed by atoms with van der Waals surface area (Å²) in [6.45, 7) is 0.0106. The molecule has 18 heavy (non-hydrogen) atoms. The van der Waals surface area contributed by atoms with E-state index in [9.17, 15) is 23.1 Å². The zero-order valence-corrected chi connectivity index (χ0v) is 11.3. The number of carboxylic acid groups (broad SMARTS) is 1. The van der Waals surface area contributed by atoms with Crippen LogP contribution in [-0.2, 0) is 19.4 Å². The molecule has 7 heteroatoms. The predicted molar refractivity (Wildman–Crippen MR) is 65.9 cm³/mol. The molecule has 1 aliphatic rings. The first-order chi connectivity index (χ1) is 8.25. The van der Waals surface area contributed by atoms with Crippen LogP contribution in [0.3, 0.4) is 0 Å². The quantitative estimate of drug-likeness (QED) is 0.746. The van der Waals surface area contributed by atoms with Gasteiger partial charge < -0.3 is 10.4 Å². The Hall–Kier alpha value is -1.11. The van der Waals surface area contributed by atoms with E-state index in [2.05, 4.69) is 5.32 Å². The van der Waals surface area contributed by atoms with Gasteiger partial charge in [0.25, 0.3) is 0 Å². The fourth-order valence-corrected chi connectivity index (χ4v) is 2.83. The first-order valence-electron chi connectivity index (χ1n) is 5.93.